The first-order valence-electron chi connectivity index (χ1n) is 8.21. The summed E-state index contributed by atoms with van der Waals surface area (Å²) in [6.07, 6.45) is 2.98. The SMILES string of the molecule is Cc1ccccc1NC(=O)C1CC1C(=O)N1CCCC(C)C1. The van der Waals surface area contributed by atoms with E-state index < -0.39 is 0 Å². The van der Waals surface area contributed by atoms with Crippen molar-refractivity contribution in [2.24, 2.45) is 17.8 Å². The third kappa shape index (κ3) is 3.16. The first-order chi connectivity index (χ1) is 10.6. The number of nitrogens with zero attached hydrogens (tertiary/aromatic N) is 1. The normalized spacial score (nSPS) is 27.4. The summed E-state index contributed by atoms with van der Waals surface area (Å²) in [6, 6.07) is 7.73. The van der Waals surface area contributed by atoms with Gasteiger partial charge in [-0.15, -0.1) is 0 Å². The Hall–Kier alpha value is -1.84. The maximum atomic E-state index is 12.5. The molecule has 2 amide bonds. The minimum Gasteiger partial charge on any atom is -0.342 e. The number of anilines is 1. The fourth-order valence-corrected chi connectivity index (χ4v) is 3.32. The largest absolute Gasteiger partial charge is 0.342 e. The topological polar surface area (TPSA) is 49.4 Å². The molecule has 0 spiro atoms. The summed E-state index contributed by atoms with van der Waals surface area (Å²) in [4.78, 5) is 26.8. The number of piperidine rings is 1. The molecule has 2 aliphatic rings. The summed E-state index contributed by atoms with van der Waals surface area (Å²) in [7, 11) is 0. The highest BCUT2D eigenvalue weighted by Gasteiger charge is 2.49. The molecule has 1 aromatic rings. The van der Waals surface area contributed by atoms with Crippen LogP contribution in [0.5, 0.6) is 0 Å². The van der Waals surface area contributed by atoms with E-state index in [0.717, 1.165) is 30.8 Å². The summed E-state index contributed by atoms with van der Waals surface area (Å²) in [5.41, 5.74) is 1.89. The van der Waals surface area contributed by atoms with Gasteiger partial charge < -0.3 is 10.2 Å². The van der Waals surface area contributed by atoms with Crippen LogP contribution in [0, 0.1) is 24.7 Å². The van der Waals surface area contributed by atoms with Crippen molar-refractivity contribution in [2.75, 3.05) is 18.4 Å². The molecule has 1 N–H and O–H groups in total. The molecule has 4 heteroatoms. The molecule has 3 rings (SSSR count). The number of carbonyl (C=O) groups excluding carboxylic acids is 2. The molecule has 2 fully saturated rings. The van der Waals surface area contributed by atoms with Gasteiger partial charge in [0.15, 0.2) is 0 Å². The lowest BCUT2D eigenvalue weighted by Crippen LogP contribution is -2.40. The third-order valence-electron chi connectivity index (χ3n) is 4.82. The summed E-state index contributed by atoms with van der Waals surface area (Å²) < 4.78 is 0. The number of likely N-dealkylation sites (tertiary alicyclic amines) is 1. The molecule has 1 aromatic carbocycles. The van der Waals surface area contributed by atoms with Crippen molar-refractivity contribution >= 4 is 17.5 Å². The second-order valence-electron chi connectivity index (χ2n) is 6.78. The number of hydrogen-bond acceptors (Lipinski definition) is 2. The minimum atomic E-state index is -0.149. The molecule has 118 valence electrons. The average Bonchev–Trinajstić information content (AvgIpc) is 3.29. The summed E-state index contributed by atoms with van der Waals surface area (Å²) in [5.74, 6) is 0.489. The van der Waals surface area contributed by atoms with E-state index in [1.54, 1.807) is 0 Å². The molecule has 0 aromatic heterocycles. The zero-order chi connectivity index (χ0) is 15.7. The van der Waals surface area contributed by atoms with Crippen LogP contribution >= 0.6 is 0 Å². The van der Waals surface area contributed by atoms with Crippen LogP contribution in [0.25, 0.3) is 0 Å². The van der Waals surface area contributed by atoms with Gasteiger partial charge in [-0.25, -0.2) is 0 Å². The standard InChI is InChI=1S/C18H24N2O2/c1-12-6-5-9-20(11-12)18(22)15-10-14(15)17(21)19-16-8-4-3-7-13(16)2/h3-4,7-8,12,14-15H,5-6,9-11H2,1-2H3,(H,19,21). The van der Waals surface area contributed by atoms with E-state index in [1.165, 1.54) is 6.42 Å². The highest BCUT2D eigenvalue weighted by molar-refractivity contribution is 5.99. The number of para-hydroxylation sites is 1. The van der Waals surface area contributed by atoms with Crippen LogP contribution in [-0.2, 0) is 9.59 Å². The second kappa shape index (κ2) is 6.11. The number of nitrogens with one attached hydrogen (secondary N) is 1. The van der Waals surface area contributed by atoms with Crippen molar-refractivity contribution in [1.82, 2.24) is 4.90 Å². The molecule has 1 saturated carbocycles. The number of carbonyl (C=O) groups is 2. The fraction of sp³-hybridized carbons (Fsp3) is 0.556. The third-order valence-corrected chi connectivity index (χ3v) is 4.82. The molecule has 22 heavy (non-hydrogen) atoms. The quantitative estimate of drug-likeness (QED) is 0.933. The van der Waals surface area contributed by atoms with Crippen LogP contribution in [0.1, 0.15) is 31.7 Å². The molecule has 1 aliphatic heterocycles. The van der Waals surface area contributed by atoms with Gasteiger partial charge in [-0.1, -0.05) is 25.1 Å². The van der Waals surface area contributed by atoms with Gasteiger partial charge in [0.25, 0.3) is 0 Å². The Morgan fingerprint density at radius 3 is 2.73 bits per heavy atom. The van der Waals surface area contributed by atoms with E-state index in [0.29, 0.717) is 12.3 Å². The van der Waals surface area contributed by atoms with Crippen LogP contribution in [-0.4, -0.2) is 29.8 Å². The van der Waals surface area contributed by atoms with Gasteiger partial charge in [-0.3, -0.25) is 9.59 Å². The molecule has 4 nitrogen and oxygen atoms in total. The Kier molecular flexibility index (Phi) is 4.19. The number of aryl methyl sites for hydroxylation is 1. The van der Waals surface area contributed by atoms with Crippen LogP contribution in [0.2, 0.25) is 0 Å². The number of benzene rings is 1. The lowest BCUT2D eigenvalue weighted by molar-refractivity contribution is -0.135. The van der Waals surface area contributed by atoms with Crippen LogP contribution in [0.3, 0.4) is 0 Å². The van der Waals surface area contributed by atoms with E-state index >= 15 is 0 Å². The molecule has 0 bridgehead atoms. The van der Waals surface area contributed by atoms with E-state index in [4.69, 9.17) is 0 Å². The Morgan fingerprint density at radius 1 is 1.23 bits per heavy atom. The zero-order valence-corrected chi connectivity index (χ0v) is 13.3. The molecular formula is C18H24N2O2. The average molecular weight is 300 g/mol. The van der Waals surface area contributed by atoms with Crippen molar-refractivity contribution in [2.45, 2.75) is 33.1 Å². The predicted octanol–water partition coefficient (Wildman–Crippen LogP) is 2.83. The molecule has 1 saturated heterocycles. The molecule has 1 heterocycles. The number of rotatable bonds is 3. The lowest BCUT2D eigenvalue weighted by Gasteiger charge is -2.31. The Labute approximate surface area is 131 Å². The van der Waals surface area contributed by atoms with Crippen molar-refractivity contribution in [1.29, 1.82) is 0 Å². The molecule has 1 aliphatic carbocycles. The molecule has 0 radical (unpaired) electrons. The maximum Gasteiger partial charge on any atom is 0.228 e. The molecule has 3 unspecified atom stereocenters. The van der Waals surface area contributed by atoms with Crippen molar-refractivity contribution in [3.8, 4) is 0 Å². The minimum absolute atomic E-state index is 0.0160. The molecule has 3 atom stereocenters. The maximum absolute atomic E-state index is 12.5. The van der Waals surface area contributed by atoms with Gasteiger partial charge in [0.05, 0.1) is 11.8 Å². The van der Waals surface area contributed by atoms with Crippen LogP contribution in [0.4, 0.5) is 5.69 Å². The van der Waals surface area contributed by atoms with E-state index in [2.05, 4.69) is 12.2 Å². The predicted molar refractivity (Wildman–Crippen MR) is 86.4 cm³/mol. The van der Waals surface area contributed by atoms with E-state index in [1.807, 2.05) is 36.1 Å². The summed E-state index contributed by atoms with van der Waals surface area (Å²) in [5, 5.41) is 2.96. The Bertz CT molecular complexity index is 584. The number of hydrogen-bond donors (Lipinski definition) is 1. The van der Waals surface area contributed by atoms with Gasteiger partial charge in [0.2, 0.25) is 11.8 Å². The highest BCUT2D eigenvalue weighted by Crippen LogP contribution is 2.41. The first-order valence-corrected chi connectivity index (χ1v) is 8.21. The summed E-state index contributed by atoms with van der Waals surface area (Å²) >= 11 is 0. The lowest BCUT2D eigenvalue weighted by atomic mass is 10.00. The van der Waals surface area contributed by atoms with Crippen LogP contribution < -0.4 is 5.32 Å². The van der Waals surface area contributed by atoms with Crippen molar-refractivity contribution in [3.63, 3.8) is 0 Å². The fourth-order valence-electron chi connectivity index (χ4n) is 3.32. The monoisotopic (exact) mass is 300 g/mol. The second-order valence-corrected chi connectivity index (χ2v) is 6.78. The van der Waals surface area contributed by atoms with Crippen LogP contribution in [0.15, 0.2) is 24.3 Å². The van der Waals surface area contributed by atoms with E-state index in [9.17, 15) is 9.59 Å². The zero-order valence-electron chi connectivity index (χ0n) is 13.3. The van der Waals surface area contributed by atoms with Gasteiger partial charge in [0, 0.05) is 18.8 Å². The van der Waals surface area contributed by atoms with Gasteiger partial charge in [-0.2, -0.15) is 0 Å². The van der Waals surface area contributed by atoms with Gasteiger partial charge >= 0.3 is 0 Å². The highest BCUT2D eigenvalue weighted by atomic mass is 16.2. The Balaban J connectivity index is 1.56. The van der Waals surface area contributed by atoms with Crippen molar-refractivity contribution in [3.05, 3.63) is 29.8 Å². The summed E-state index contributed by atoms with van der Waals surface area (Å²) in [6.45, 7) is 5.86. The van der Waals surface area contributed by atoms with Crippen molar-refractivity contribution < 1.29 is 9.59 Å². The Morgan fingerprint density at radius 2 is 2.00 bits per heavy atom. The van der Waals surface area contributed by atoms with E-state index in [-0.39, 0.29) is 23.7 Å². The smallest absolute Gasteiger partial charge is 0.228 e. The molecular weight excluding hydrogens is 276 g/mol. The first kappa shape index (κ1) is 15.1. The van der Waals surface area contributed by atoms with Gasteiger partial charge in [0.1, 0.15) is 0 Å². The van der Waals surface area contributed by atoms with Gasteiger partial charge in [-0.05, 0) is 43.7 Å². The number of amides is 2.